The summed E-state index contributed by atoms with van der Waals surface area (Å²) < 4.78 is 27.0. The van der Waals surface area contributed by atoms with Crippen LogP contribution in [0.15, 0.2) is 0 Å². The number of unbranched alkanes of at least 4 members (excludes halogenated alkanes) is 14. The van der Waals surface area contributed by atoms with Gasteiger partial charge in [-0.05, 0) is 6.42 Å². The van der Waals surface area contributed by atoms with Crippen LogP contribution in [0.5, 0.6) is 0 Å². The summed E-state index contributed by atoms with van der Waals surface area (Å²) in [6.45, 7) is 2.22. The maximum absolute atomic E-state index is 11.4. The Morgan fingerprint density at radius 3 is 1.48 bits per heavy atom. The van der Waals surface area contributed by atoms with Gasteiger partial charge in [-0.25, -0.2) is 0 Å². The molecule has 0 amide bonds. The van der Waals surface area contributed by atoms with Crippen LogP contribution in [0, 0.1) is 0 Å². The van der Waals surface area contributed by atoms with Crippen LogP contribution in [0.25, 0.3) is 0 Å². The number of carbonyl (C=O) groups excluding carboxylic acids is 1. The first-order chi connectivity index (χ1) is 12.5. The molecule has 158 valence electrons. The zero-order valence-electron chi connectivity index (χ0n) is 16.8. The average Bonchev–Trinajstić information content (AvgIpc) is 2.57. The van der Waals surface area contributed by atoms with Gasteiger partial charge < -0.3 is 9.92 Å². The second-order valence-electron chi connectivity index (χ2n) is 7.21. The van der Waals surface area contributed by atoms with Gasteiger partial charge in [-0.15, -0.1) is 0 Å². The normalized spacial score (nSPS) is 11.2. The van der Waals surface area contributed by atoms with Gasteiger partial charge in [0.25, 0.3) is 0 Å². The zero-order chi connectivity index (χ0) is 19.5. The van der Waals surface area contributed by atoms with E-state index in [-0.39, 0.29) is 70.1 Å². The first kappa shape index (κ1) is 30.2. The van der Waals surface area contributed by atoms with Gasteiger partial charge in [-0.1, -0.05) is 96.8 Å². The van der Waals surface area contributed by atoms with Crippen LogP contribution >= 0.6 is 0 Å². The Balaban J connectivity index is 0. The molecule has 0 aromatic heterocycles. The Morgan fingerprint density at radius 2 is 1.11 bits per heavy atom. The maximum atomic E-state index is 11.4. The van der Waals surface area contributed by atoms with Gasteiger partial charge in [-0.3, -0.25) is 4.79 Å². The summed E-state index contributed by atoms with van der Waals surface area (Å²) in [7, 11) is -3.78. The Labute approximate surface area is 210 Å². The van der Waals surface area contributed by atoms with Crippen molar-refractivity contribution >= 4 is 67.5 Å². The molecule has 0 bridgehead atoms. The van der Waals surface area contributed by atoms with Crippen molar-refractivity contribution < 1.29 is 17.4 Å². The van der Waals surface area contributed by atoms with E-state index in [0.29, 0.717) is 6.42 Å². The molecule has 7 heteroatoms. The Hall–Kier alpha value is 1.02. The molecule has 0 radical (unpaired) electrons. The number of hydrogen-bond donors (Lipinski definition) is 1. The van der Waals surface area contributed by atoms with Gasteiger partial charge in [0, 0.05) is 13.0 Å². The first-order valence-corrected chi connectivity index (χ1v) is 12.2. The molecule has 0 aromatic carbocycles. The van der Waals surface area contributed by atoms with Crippen LogP contribution in [-0.4, -0.2) is 78.1 Å². The molecular formula is C20H42KNO4S. The fourth-order valence-electron chi connectivity index (χ4n) is 3.01. The molecule has 0 unspecified atom stereocenters. The zero-order valence-corrected chi connectivity index (χ0v) is 17.7. The van der Waals surface area contributed by atoms with E-state index < -0.39 is 16.1 Å². The molecule has 0 aliphatic carbocycles. The Kier molecular flexibility index (Phi) is 24.3. The Morgan fingerprint density at radius 1 is 0.741 bits per heavy atom. The molecule has 5 nitrogen and oxygen atoms in total. The summed E-state index contributed by atoms with van der Waals surface area (Å²) in [5.41, 5.74) is 5.16. The molecule has 0 aliphatic rings. The molecule has 0 aliphatic heterocycles. The van der Waals surface area contributed by atoms with E-state index in [4.69, 9.17) is 5.73 Å². The van der Waals surface area contributed by atoms with Crippen LogP contribution in [-0.2, 0) is 19.1 Å². The van der Waals surface area contributed by atoms with E-state index >= 15 is 0 Å². The molecule has 0 spiro atoms. The van der Waals surface area contributed by atoms with Crippen molar-refractivity contribution in [3.05, 3.63) is 0 Å². The number of nitrogens with two attached hydrogens (primary N) is 1. The third kappa shape index (κ3) is 23.2. The minimum absolute atomic E-state index is 0. The molecular weight excluding hydrogens is 389 g/mol. The quantitative estimate of drug-likeness (QED) is 0.186. The van der Waals surface area contributed by atoms with Gasteiger partial charge in [0.05, 0.1) is 5.75 Å². The van der Waals surface area contributed by atoms with Crippen molar-refractivity contribution in [3.8, 4) is 0 Å². The fourth-order valence-corrected chi connectivity index (χ4v) is 3.75. The van der Waals surface area contributed by atoms with Gasteiger partial charge in [0.1, 0.15) is 0 Å². The van der Waals surface area contributed by atoms with Crippen LogP contribution in [0.4, 0.5) is 0 Å². The Bertz CT molecular complexity index is 430. The van der Waals surface area contributed by atoms with Crippen molar-refractivity contribution in [2.75, 3.05) is 12.3 Å². The average molecular weight is 432 g/mol. The van der Waals surface area contributed by atoms with Crippen LogP contribution in [0.3, 0.4) is 0 Å². The van der Waals surface area contributed by atoms with Crippen LogP contribution in [0.2, 0.25) is 0 Å². The standard InChI is InChI=1S/C20H41NO4S.K.H/c1-2-3-4-5-6-7-8-9-10-11-12-13-14-15-16-17-20(22)25-26(23,24)19-18-21;;/h2-19,21H2,1H3;;. The number of hydrogen-bond acceptors (Lipinski definition) is 5. The second-order valence-corrected chi connectivity index (χ2v) is 8.90. The van der Waals surface area contributed by atoms with Crippen molar-refractivity contribution in [2.24, 2.45) is 5.73 Å². The monoisotopic (exact) mass is 431 g/mol. The minimum atomic E-state index is -3.78. The van der Waals surface area contributed by atoms with Crippen molar-refractivity contribution in [2.45, 2.75) is 110 Å². The molecule has 2 N–H and O–H groups in total. The van der Waals surface area contributed by atoms with Crippen molar-refractivity contribution in [1.29, 1.82) is 0 Å². The molecule has 0 aromatic rings. The summed E-state index contributed by atoms with van der Waals surface area (Å²) in [6, 6.07) is 0. The van der Waals surface area contributed by atoms with E-state index in [9.17, 15) is 13.2 Å². The van der Waals surface area contributed by atoms with E-state index in [1.807, 2.05) is 0 Å². The number of rotatable bonds is 19. The second kappa shape index (κ2) is 21.7. The molecule has 27 heavy (non-hydrogen) atoms. The molecule has 0 fully saturated rings. The molecule has 0 saturated carbocycles. The molecule has 0 rings (SSSR count). The molecule has 0 atom stereocenters. The van der Waals surface area contributed by atoms with Gasteiger partial charge in [0.2, 0.25) is 0 Å². The summed E-state index contributed by atoms with van der Waals surface area (Å²) in [5.74, 6) is -0.967. The topological polar surface area (TPSA) is 86.5 Å². The SMILES string of the molecule is CCCCCCCCCCCCCCCCCC(=O)OS(=O)(=O)CCN.[KH]. The summed E-state index contributed by atoms with van der Waals surface area (Å²) in [4.78, 5) is 11.4. The third-order valence-electron chi connectivity index (χ3n) is 4.57. The van der Waals surface area contributed by atoms with Gasteiger partial charge in [0.15, 0.2) is 0 Å². The van der Waals surface area contributed by atoms with E-state index in [1.165, 1.54) is 77.0 Å². The summed E-state index contributed by atoms with van der Waals surface area (Å²) in [6.07, 6.45) is 19.0. The fraction of sp³-hybridized carbons (Fsp3) is 0.950. The van der Waals surface area contributed by atoms with Crippen LogP contribution < -0.4 is 5.73 Å². The molecule has 0 saturated heterocycles. The van der Waals surface area contributed by atoms with Gasteiger partial charge >= 0.3 is 67.5 Å². The summed E-state index contributed by atoms with van der Waals surface area (Å²) in [5, 5.41) is 0. The van der Waals surface area contributed by atoms with Crippen molar-refractivity contribution in [1.82, 2.24) is 0 Å². The molecule has 0 heterocycles. The van der Waals surface area contributed by atoms with E-state index in [1.54, 1.807) is 0 Å². The van der Waals surface area contributed by atoms with E-state index in [2.05, 4.69) is 11.1 Å². The third-order valence-corrected chi connectivity index (χ3v) is 5.75. The van der Waals surface area contributed by atoms with E-state index in [0.717, 1.165) is 12.8 Å². The number of carbonyl (C=O) groups is 1. The van der Waals surface area contributed by atoms with Gasteiger partial charge in [-0.2, -0.15) is 8.42 Å². The predicted octanol–water partition coefficient (Wildman–Crippen LogP) is 4.43. The predicted molar refractivity (Wildman–Crippen MR) is 116 cm³/mol. The summed E-state index contributed by atoms with van der Waals surface area (Å²) >= 11 is 0. The van der Waals surface area contributed by atoms with Crippen LogP contribution in [0.1, 0.15) is 110 Å². The van der Waals surface area contributed by atoms with Crippen molar-refractivity contribution in [3.63, 3.8) is 0 Å². The first-order valence-electron chi connectivity index (χ1n) is 10.7.